The molecule has 0 spiro atoms. The first kappa shape index (κ1) is 8.07. The number of hydrogen-bond acceptors (Lipinski definition) is 3. The minimum absolute atomic E-state index is 0.120. The van der Waals surface area contributed by atoms with Gasteiger partial charge in [0, 0.05) is 7.11 Å². The van der Waals surface area contributed by atoms with Crippen molar-refractivity contribution in [2.75, 3.05) is 7.11 Å². The Morgan fingerprint density at radius 1 is 1.82 bits per heavy atom. The SMILES string of the molecule is COC(C)Cn1cc(O)cn1. The third-order valence-corrected chi connectivity index (χ3v) is 1.47. The molecule has 62 valence electrons. The van der Waals surface area contributed by atoms with Gasteiger partial charge in [-0.05, 0) is 6.92 Å². The standard InChI is InChI=1S/C7H12N2O2/c1-6(11-2)4-9-5-7(10)3-8-9/h3,5-6,10H,4H2,1-2H3. The van der Waals surface area contributed by atoms with Crippen molar-refractivity contribution >= 4 is 0 Å². The number of nitrogens with zero attached hydrogens (tertiary/aromatic N) is 2. The van der Waals surface area contributed by atoms with E-state index in [2.05, 4.69) is 5.10 Å². The lowest BCUT2D eigenvalue weighted by Gasteiger charge is -2.07. The fourth-order valence-electron chi connectivity index (χ4n) is 0.790. The second-order valence-corrected chi connectivity index (χ2v) is 2.47. The summed E-state index contributed by atoms with van der Waals surface area (Å²) in [5.74, 6) is 0.188. The van der Waals surface area contributed by atoms with Crippen LogP contribution in [-0.4, -0.2) is 28.1 Å². The number of rotatable bonds is 3. The van der Waals surface area contributed by atoms with Crippen LogP contribution in [0.5, 0.6) is 5.75 Å². The van der Waals surface area contributed by atoms with E-state index in [1.807, 2.05) is 6.92 Å². The van der Waals surface area contributed by atoms with E-state index in [1.54, 1.807) is 18.0 Å². The molecule has 1 aromatic rings. The van der Waals surface area contributed by atoms with E-state index in [0.29, 0.717) is 6.54 Å². The van der Waals surface area contributed by atoms with Crippen molar-refractivity contribution in [1.29, 1.82) is 0 Å². The monoisotopic (exact) mass is 156 g/mol. The van der Waals surface area contributed by atoms with Crippen LogP contribution >= 0.6 is 0 Å². The van der Waals surface area contributed by atoms with E-state index >= 15 is 0 Å². The highest BCUT2D eigenvalue weighted by Gasteiger charge is 2.01. The highest BCUT2D eigenvalue weighted by Crippen LogP contribution is 2.05. The molecule has 0 fully saturated rings. The van der Waals surface area contributed by atoms with Gasteiger partial charge in [-0.3, -0.25) is 4.68 Å². The van der Waals surface area contributed by atoms with Gasteiger partial charge in [-0.25, -0.2) is 0 Å². The van der Waals surface area contributed by atoms with Crippen molar-refractivity contribution in [3.05, 3.63) is 12.4 Å². The van der Waals surface area contributed by atoms with Crippen LogP contribution in [0.25, 0.3) is 0 Å². The van der Waals surface area contributed by atoms with Crippen LogP contribution in [0, 0.1) is 0 Å². The topological polar surface area (TPSA) is 47.3 Å². The first-order chi connectivity index (χ1) is 5.22. The smallest absolute Gasteiger partial charge is 0.153 e. The molecule has 0 radical (unpaired) electrons. The molecule has 11 heavy (non-hydrogen) atoms. The number of aromatic hydroxyl groups is 1. The van der Waals surface area contributed by atoms with Gasteiger partial charge in [0.05, 0.1) is 25.0 Å². The zero-order valence-electron chi connectivity index (χ0n) is 6.69. The maximum absolute atomic E-state index is 8.91. The normalized spacial score (nSPS) is 13.3. The number of ether oxygens (including phenoxy) is 1. The van der Waals surface area contributed by atoms with Crippen molar-refractivity contribution in [1.82, 2.24) is 9.78 Å². The number of aromatic nitrogens is 2. The van der Waals surface area contributed by atoms with Crippen molar-refractivity contribution < 1.29 is 9.84 Å². The van der Waals surface area contributed by atoms with Crippen molar-refractivity contribution in [3.63, 3.8) is 0 Å². The Bertz CT molecular complexity index is 222. The molecular formula is C7H12N2O2. The summed E-state index contributed by atoms with van der Waals surface area (Å²) in [6, 6.07) is 0. The summed E-state index contributed by atoms with van der Waals surface area (Å²) in [6.07, 6.45) is 3.09. The molecule has 0 aliphatic heterocycles. The third-order valence-electron chi connectivity index (χ3n) is 1.47. The van der Waals surface area contributed by atoms with Crippen LogP contribution < -0.4 is 0 Å². The van der Waals surface area contributed by atoms with Crippen LogP contribution in [0.15, 0.2) is 12.4 Å². The lowest BCUT2D eigenvalue weighted by atomic mass is 10.4. The molecule has 1 aromatic heterocycles. The summed E-state index contributed by atoms with van der Waals surface area (Å²) in [6.45, 7) is 2.61. The molecule has 0 saturated heterocycles. The zero-order valence-corrected chi connectivity index (χ0v) is 6.69. The van der Waals surface area contributed by atoms with Crippen LogP contribution in [0.4, 0.5) is 0 Å². The van der Waals surface area contributed by atoms with E-state index in [0.717, 1.165) is 0 Å². The lowest BCUT2D eigenvalue weighted by Crippen LogP contribution is -2.14. The molecule has 0 aromatic carbocycles. The Hall–Kier alpha value is -1.03. The van der Waals surface area contributed by atoms with Gasteiger partial charge in [0.2, 0.25) is 0 Å². The van der Waals surface area contributed by atoms with E-state index in [-0.39, 0.29) is 11.9 Å². The van der Waals surface area contributed by atoms with Crippen molar-refractivity contribution in [3.8, 4) is 5.75 Å². The van der Waals surface area contributed by atoms with Crippen LogP contribution in [0.3, 0.4) is 0 Å². The van der Waals surface area contributed by atoms with E-state index < -0.39 is 0 Å². The molecule has 4 nitrogen and oxygen atoms in total. The second kappa shape index (κ2) is 3.39. The second-order valence-electron chi connectivity index (χ2n) is 2.47. The Balaban J connectivity index is 2.50. The van der Waals surface area contributed by atoms with Gasteiger partial charge in [0.1, 0.15) is 0 Å². The predicted octanol–water partition coefficient (Wildman–Crippen LogP) is 0.624. The Labute approximate surface area is 65.4 Å². The minimum Gasteiger partial charge on any atom is -0.505 e. The van der Waals surface area contributed by atoms with Crippen molar-refractivity contribution in [2.24, 2.45) is 0 Å². The fourth-order valence-corrected chi connectivity index (χ4v) is 0.790. The molecule has 4 heteroatoms. The fraction of sp³-hybridized carbons (Fsp3) is 0.571. The van der Waals surface area contributed by atoms with E-state index in [9.17, 15) is 0 Å². The average Bonchev–Trinajstić information content (AvgIpc) is 2.35. The number of hydrogen-bond donors (Lipinski definition) is 1. The van der Waals surface area contributed by atoms with Crippen LogP contribution in [0.2, 0.25) is 0 Å². The summed E-state index contributed by atoms with van der Waals surface area (Å²) in [5, 5.41) is 12.8. The Morgan fingerprint density at radius 2 is 2.55 bits per heavy atom. The molecule has 0 saturated carbocycles. The summed E-state index contributed by atoms with van der Waals surface area (Å²) >= 11 is 0. The third kappa shape index (κ3) is 2.23. The quantitative estimate of drug-likeness (QED) is 0.698. The zero-order chi connectivity index (χ0) is 8.27. The molecule has 1 atom stereocenters. The molecule has 0 aliphatic rings. The maximum Gasteiger partial charge on any atom is 0.153 e. The molecule has 1 N–H and O–H groups in total. The molecule has 1 heterocycles. The highest BCUT2D eigenvalue weighted by atomic mass is 16.5. The number of methoxy groups -OCH3 is 1. The summed E-state index contributed by atoms with van der Waals surface area (Å²) in [5.41, 5.74) is 0. The van der Waals surface area contributed by atoms with Gasteiger partial charge in [-0.15, -0.1) is 0 Å². The van der Waals surface area contributed by atoms with Gasteiger partial charge in [0.25, 0.3) is 0 Å². The highest BCUT2D eigenvalue weighted by molar-refractivity contribution is 5.08. The van der Waals surface area contributed by atoms with E-state index in [1.165, 1.54) is 6.20 Å². The first-order valence-corrected chi connectivity index (χ1v) is 3.46. The first-order valence-electron chi connectivity index (χ1n) is 3.46. The van der Waals surface area contributed by atoms with Gasteiger partial charge in [0.15, 0.2) is 5.75 Å². The molecule has 0 bridgehead atoms. The van der Waals surface area contributed by atoms with Gasteiger partial charge < -0.3 is 9.84 Å². The molecular weight excluding hydrogens is 144 g/mol. The molecule has 1 rings (SSSR count). The minimum atomic E-state index is 0.120. The predicted molar refractivity (Wildman–Crippen MR) is 40.4 cm³/mol. The average molecular weight is 156 g/mol. The molecule has 0 amide bonds. The lowest BCUT2D eigenvalue weighted by molar-refractivity contribution is 0.0998. The van der Waals surface area contributed by atoms with Crippen molar-refractivity contribution in [2.45, 2.75) is 19.6 Å². The Morgan fingerprint density at radius 3 is 3.00 bits per heavy atom. The summed E-state index contributed by atoms with van der Waals surface area (Å²) < 4.78 is 6.66. The Kier molecular flexibility index (Phi) is 2.48. The van der Waals surface area contributed by atoms with Crippen LogP contribution in [0.1, 0.15) is 6.92 Å². The largest absolute Gasteiger partial charge is 0.505 e. The summed E-state index contributed by atoms with van der Waals surface area (Å²) in [7, 11) is 1.65. The molecule has 1 unspecified atom stereocenters. The van der Waals surface area contributed by atoms with Gasteiger partial charge >= 0.3 is 0 Å². The van der Waals surface area contributed by atoms with Gasteiger partial charge in [-0.1, -0.05) is 0 Å². The van der Waals surface area contributed by atoms with Crippen LogP contribution in [-0.2, 0) is 11.3 Å². The molecule has 0 aliphatic carbocycles. The summed E-state index contributed by atoms with van der Waals surface area (Å²) in [4.78, 5) is 0. The van der Waals surface area contributed by atoms with Gasteiger partial charge in [-0.2, -0.15) is 5.10 Å². The van der Waals surface area contributed by atoms with E-state index in [4.69, 9.17) is 9.84 Å². The maximum atomic E-state index is 8.91.